The number of benzene rings is 2. The zero-order valence-electron chi connectivity index (χ0n) is 11.1. The number of rotatable bonds is 1. The topological polar surface area (TPSA) is 13.1 Å². The van der Waals surface area contributed by atoms with Gasteiger partial charge in [-0.25, -0.2) is 0 Å². The highest BCUT2D eigenvalue weighted by Crippen LogP contribution is 2.46. The highest BCUT2D eigenvalue weighted by atomic mass is 79.9. The molecule has 2 heteroatoms. The van der Waals surface area contributed by atoms with Crippen molar-refractivity contribution < 1.29 is 4.42 Å². The van der Waals surface area contributed by atoms with Gasteiger partial charge >= 0.3 is 0 Å². The second kappa shape index (κ2) is 4.35. The van der Waals surface area contributed by atoms with Crippen molar-refractivity contribution in [2.24, 2.45) is 0 Å². The Kier molecular flexibility index (Phi) is 2.61. The summed E-state index contributed by atoms with van der Waals surface area (Å²) in [7, 11) is 0. The highest BCUT2D eigenvalue weighted by molar-refractivity contribution is 9.10. The molecular formula is C18H13BrO. The van der Waals surface area contributed by atoms with Crippen molar-refractivity contribution in [1.82, 2.24) is 0 Å². The Hall–Kier alpha value is -1.80. The number of aryl methyl sites for hydroxylation is 1. The Bertz CT molecular complexity index is 797. The third-order valence-electron chi connectivity index (χ3n) is 3.89. The van der Waals surface area contributed by atoms with Crippen LogP contribution in [0.3, 0.4) is 0 Å². The minimum absolute atomic E-state index is 0.935. The molecule has 0 saturated carbocycles. The molecule has 3 aromatic rings. The summed E-state index contributed by atoms with van der Waals surface area (Å²) in [5.74, 6) is 1.95. The molecule has 0 saturated heterocycles. The van der Waals surface area contributed by atoms with Crippen molar-refractivity contribution in [2.75, 3.05) is 0 Å². The number of halogens is 1. The van der Waals surface area contributed by atoms with Crippen LogP contribution in [0.4, 0.5) is 0 Å². The molecule has 0 atom stereocenters. The van der Waals surface area contributed by atoms with Crippen LogP contribution in [0, 0.1) is 6.92 Å². The van der Waals surface area contributed by atoms with Gasteiger partial charge in [-0.2, -0.15) is 0 Å². The van der Waals surface area contributed by atoms with Crippen LogP contribution in [-0.2, 0) is 6.42 Å². The minimum Gasteiger partial charge on any atom is -0.455 e. The molecule has 1 heterocycles. The second-order valence-corrected chi connectivity index (χ2v) is 6.05. The van der Waals surface area contributed by atoms with Gasteiger partial charge in [-0.05, 0) is 28.4 Å². The van der Waals surface area contributed by atoms with E-state index in [1.54, 1.807) is 0 Å². The van der Waals surface area contributed by atoms with E-state index < -0.39 is 0 Å². The quantitative estimate of drug-likeness (QED) is 0.445. The predicted octanol–water partition coefficient (Wildman–Crippen LogP) is 5.59. The molecule has 0 N–H and O–H groups in total. The smallest absolute Gasteiger partial charge is 0.149 e. The molecule has 0 aliphatic heterocycles. The molecule has 20 heavy (non-hydrogen) atoms. The maximum absolute atomic E-state index is 6.16. The van der Waals surface area contributed by atoms with Crippen LogP contribution in [0.1, 0.15) is 16.7 Å². The lowest BCUT2D eigenvalue weighted by atomic mass is 10.1. The number of hydrogen-bond acceptors (Lipinski definition) is 1. The predicted molar refractivity (Wildman–Crippen MR) is 84.8 cm³/mol. The van der Waals surface area contributed by atoms with Crippen LogP contribution >= 0.6 is 15.9 Å². The van der Waals surface area contributed by atoms with Gasteiger partial charge in [0.1, 0.15) is 11.5 Å². The maximum Gasteiger partial charge on any atom is 0.149 e. The van der Waals surface area contributed by atoms with E-state index in [1.165, 1.54) is 22.3 Å². The first-order valence-electron chi connectivity index (χ1n) is 6.70. The van der Waals surface area contributed by atoms with Crippen LogP contribution < -0.4 is 0 Å². The van der Waals surface area contributed by atoms with Gasteiger partial charge in [0.2, 0.25) is 0 Å². The summed E-state index contributed by atoms with van der Waals surface area (Å²) in [5.41, 5.74) is 6.21. The van der Waals surface area contributed by atoms with Crippen molar-refractivity contribution in [3.8, 4) is 22.6 Å². The molecule has 4 rings (SSSR count). The monoisotopic (exact) mass is 324 g/mol. The van der Waals surface area contributed by atoms with E-state index in [1.807, 2.05) is 0 Å². The molecule has 0 bridgehead atoms. The van der Waals surface area contributed by atoms with Crippen LogP contribution in [-0.4, -0.2) is 0 Å². The largest absolute Gasteiger partial charge is 0.455 e. The molecule has 0 fully saturated rings. The molecule has 0 unspecified atom stereocenters. The van der Waals surface area contributed by atoms with Crippen molar-refractivity contribution in [3.63, 3.8) is 0 Å². The molecule has 0 amide bonds. The van der Waals surface area contributed by atoms with Crippen LogP contribution in [0.25, 0.3) is 22.6 Å². The summed E-state index contributed by atoms with van der Waals surface area (Å²) in [5, 5.41) is 0. The fourth-order valence-corrected chi connectivity index (χ4v) is 3.43. The molecule has 2 aromatic carbocycles. The molecule has 0 spiro atoms. The maximum atomic E-state index is 6.16. The summed E-state index contributed by atoms with van der Waals surface area (Å²) in [6.07, 6.45) is 0.946. The second-order valence-electron chi connectivity index (χ2n) is 5.25. The van der Waals surface area contributed by atoms with E-state index in [0.29, 0.717) is 0 Å². The molecule has 1 nitrogen and oxygen atoms in total. The number of hydrogen-bond donors (Lipinski definition) is 0. The molecule has 1 aliphatic rings. The van der Waals surface area contributed by atoms with E-state index in [0.717, 1.165) is 28.0 Å². The lowest BCUT2D eigenvalue weighted by Gasteiger charge is -2.02. The number of fused-ring (bicyclic) bond motifs is 3. The third kappa shape index (κ3) is 1.68. The van der Waals surface area contributed by atoms with Gasteiger partial charge in [-0.15, -0.1) is 0 Å². The number of furan rings is 1. The zero-order valence-corrected chi connectivity index (χ0v) is 12.7. The van der Waals surface area contributed by atoms with Gasteiger partial charge < -0.3 is 4.42 Å². The van der Waals surface area contributed by atoms with Crippen molar-refractivity contribution in [2.45, 2.75) is 13.3 Å². The van der Waals surface area contributed by atoms with Crippen molar-refractivity contribution in [3.05, 3.63) is 69.7 Å². The molecule has 1 aliphatic carbocycles. The fraction of sp³-hybridized carbons (Fsp3) is 0.111. The Morgan fingerprint density at radius 3 is 2.50 bits per heavy atom. The fourth-order valence-electron chi connectivity index (χ4n) is 2.80. The molecule has 0 radical (unpaired) electrons. The van der Waals surface area contributed by atoms with E-state index in [9.17, 15) is 0 Å². The Morgan fingerprint density at radius 2 is 1.70 bits per heavy atom. The van der Waals surface area contributed by atoms with Gasteiger partial charge in [0.25, 0.3) is 0 Å². The normalized spacial score (nSPS) is 12.3. The zero-order chi connectivity index (χ0) is 13.7. The summed E-state index contributed by atoms with van der Waals surface area (Å²) in [6, 6.07) is 16.9. The summed E-state index contributed by atoms with van der Waals surface area (Å²) < 4.78 is 7.25. The van der Waals surface area contributed by atoms with Gasteiger partial charge in [0.05, 0.1) is 4.47 Å². The lowest BCUT2D eigenvalue weighted by molar-refractivity contribution is 0.596. The Labute approximate surface area is 126 Å². The highest BCUT2D eigenvalue weighted by Gasteiger charge is 2.27. The Morgan fingerprint density at radius 1 is 0.950 bits per heavy atom. The first-order valence-corrected chi connectivity index (χ1v) is 7.50. The SMILES string of the molecule is Cc1ccc(-c2oc3c(c2Br)Cc2ccccc2-3)cc1. The van der Waals surface area contributed by atoms with Crippen LogP contribution in [0.15, 0.2) is 57.4 Å². The average Bonchev–Trinajstić information content (AvgIpc) is 2.98. The van der Waals surface area contributed by atoms with Gasteiger partial charge in [-0.1, -0.05) is 54.1 Å². The first kappa shape index (κ1) is 12.0. The van der Waals surface area contributed by atoms with Crippen LogP contribution in [0.2, 0.25) is 0 Å². The third-order valence-corrected chi connectivity index (χ3v) is 4.72. The standard InChI is InChI=1S/C18H13BrO/c1-11-6-8-12(9-7-11)17-16(19)15-10-13-4-2-3-5-14(13)18(15)20-17/h2-9H,10H2,1H3. The van der Waals surface area contributed by atoms with E-state index >= 15 is 0 Å². The van der Waals surface area contributed by atoms with Gasteiger partial charge in [0, 0.05) is 23.1 Å². The van der Waals surface area contributed by atoms with E-state index in [2.05, 4.69) is 71.4 Å². The van der Waals surface area contributed by atoms with Crippen molar-refractivity contribution >= 4 is 15.9 Å². The average molecular weight is 325 g/mol. The Balaban J connectivity index is 1.89. The van der Waals surface area contributed by atoms with Gasteiger partial charge in [0.15, 0.2) is 0 Å². The van der Waals surface area contributed by atoms with Crippen molar-refractivity contribution in [1.29, 1.82) is 0 Å². The molecular weight excluding hydrogens is 312 g/mol. The summed E-state index contributed by atoms with van der Waals surface area (Å²) in [4.78, 5) is 0. The minimum atomic E-state index is 0.935. The van der Waals surface area contributed by atoms with E-state index in [-0.39, 0.29) is 0 Å². The lowest BCUT2D eigenvalue weighted by Crippen LogP contribution is -1.82. The van der Waals surface area contributed by atoms with Gasteiger partial charge in [-0.3, -0.25) is 0 Å². The van der Waals surface area contributed by atoms with E-state index in [4.69, 9.17) is 4.42 Å². The molecule has 98 valence electrons. The molecule has 1 aromatic heterocycles. The van der Waals surface area contributed by atoms with Crippen LogP contribution in [0.5, 0.6) is 0 Å². The first-order chi connectivity index (χ1) is 9.74. The summed E-state index contributed by atoms with van der Waals surface area (Å²) >= 11 is 3.72. The summed E-state index contributed by atoms with van der Waals surface area (Å²) in [6.45, 7) is 2.09.